The fourth-order valence-corrected chi connectivity index (χ4v) is 3.49. The first kappa shape index (κ1) is 17.0. The Morgan fingerprint density at radius 2 is 2.18 bits per heavy atom. The molecule has 4 nitrogen and oxygen atoms in total. The SMILES string of the molecule is O=C([O-])CCCCN1C(=O)/C(=C\c2cccc(Cl)c2)SC1=S. The first-order valence-corrected chi connectivity index (χ1v) is 8.28. The van der Waals surface area contributed by atoms with E-state index >= 15 is 0 Å². The van der Waals surface area contributed by atoms with E-state index in [0.717, 1.165) is 5.56 Å². The maximum atomic E-state index is 12.3. The van der Waals surface area contributed by atoms with Crippen LogP contribution in [0.4, 0.5) is 0 Å². The van der Waals surface area contributed by atoms with Crippen LogP contribution in [0.25, 0.3) is 6.08 Å². The molecule has 2 rings (SSSR count). The fraction of sp³-hybridized carbons (Fsp3) is 0.267. The third kappa shape index (κ3) is 4.56. The fourth-order valence-electron chi connectivity index (χ4n) is 1.98. The summed E-state index contributed by atoms with van der Waals surface area (Å²) in [5.74, 6) is -1.23. The Bertz CT molecular complexity index is 645. The average Bonchev–Trinajstić information content (AvgIpc) is 2.70. The van der Waals surface area contributed by atoms with Crippen LogP contribution in [-0.4, -0.2) is 27.6 Å². The van der Waals surface area contributed by atoms with E-state index in [9.17, 15) is 14.7 Å². The molecule has 1 fully saturated rings. The Morgan fingerprint density at radius 3 is 2.86 bits per heavy atom. The molecule has 0 aliphatic carbocycles. The molecule has 0 atom stereocenters. The Kier molecular flexibility index (Phi) is 5.99. The molecule has 1 saturated heterocycles. The number of hydrogen-bond acceptors (Lipinski definition) is 5. The number of carbonyl (C=O) groups is 2. The van der Waals surface area contributed by atoms with Gasteiger partial charge in [0, 0.05) is 17.5 Å². The smallest absolute Gasteiger partial charge is 0.266 e. The summed E-state index contributed by atoms with van der Waals surface area (Å²) < 4.78 is 0.492. The Morgan fingerprint density at radius 1 is 1.41 bits per heavy atom. The highest BCUT2D eigenvalue weighted by atomic mass is 35.5. The van der Waals surface area contributed by atoms with Gasteiger partial charge in [0.25, 0.3) is 5.91 Å². The molecule has 1 aromatic rings. The van der Waals surface area contributed by atoms with Crippen molar-refractivity contribution in [2.45, 2.75) is 19.3 Å². The third-order valence-corrected chi connectivity index (χ3v) is 4.65. The molecule has 1 aliphatic heterocycles. The number of unbranched alkanes of at least 4 members (excludes halogenated alkanes) is 1. The summed E-state index contributed by atoms with van der Waals surface area (Å²) in [5, 5.41) is 11.0. The third-order valence-electron chi connectivity index (χ3n) is 3.03. The van der Waals surface area contributed by atoms with Crippen LogP contribution in [0.3, 0.4) is 0 Å². The molecular weight excluding hydrogens is 342 g/mol. The number of thiocarbonyl (C=S) groups is 1. The second-order valence-corrected chi connectivity index (χ2v) is 6.83. The highest BCUT2D eigenvalue weighted by Gasteiger charge is 2.31. The molecule has 1 aromatic carbocycles. The lowest BCUT2D eigenvalue weighted by Crippen LogP contribution is -2.29. The Hall–Kier alpha value is -1.37. The van der Waals surface area contributed by atoms with Crippen LogP contribution in [0.5, 0.6) is 0 Å². The van der Waals surface area contributed by atoms with Gasteiger partial charge in [-0.1, -0.05) is 47.7 Å². The van der Waals surface area contributed by atoms with Crippen LogP contribution in [0.2, 0.25) is 5.02 Å². The molecule has 0 aromatic heterocycles. The predicted octanol–water partition coefficient (Wildman–Crippen LogP) is 2.46. The van der Waals surface area contributed by atoms with Gasteiger partial charge >= 0.3 is 0 Å². The molecule has 1 aliphatic rings. The minimum absolute atomic E-state index is 0.00680. The second-order valence-electron chi connectivity index (χ2n) is 4.72. The van der Waals surface area contributed by atoms with E-state index < -0.39 is 5.97 Å². The number of thioether (sulfide) groups is 1. The minimum Gasteiger partial charge on any atom is -0.550 e. The van der Waals surface area contributed by atoms with Gasteiger partial charge in [-0.05, 0) is 43.0 Å². The number of carboxylic acid groups (broad SMARTS) is 1. The molecule has 0 saturated carbocycles. The van der Waals surface area contributed by atoms with Crippen LogP contribution in [-0.2, 0) is 9.59 Å². The van der Waals surface area contributed by atoms with Crippen LogP contribution >= 0.6 is 35.6 Å². The van der Waals surface area contributed by atoms with Crippen LogP contribution in [0.1, 0.15) is 24.8 Å². The molecule has 0 radical (unpaired) electrons. The van der Waals surface area contributed by atoms with Crippen molar-refractivity contribution < 1.29 is 14.7 Å². The highest BCUT2D eigenvalue weighted by Crippen LogP contribution is 2.33. The monoisotopic (exact) mass is 354 g/mol. The highest BCUT2D eigenvalue weighted by molar-refractivity contribution is 8.26. The summed E-state index contributed by atoms with van der Waals surface area (Å²) in [6.07, 6.45) is 2.79. The zero-order valence-corrected chi connectivity index (χ0v) is 14.0. The number of amides is 1. The molecular formula is C15H13ClNO3S2-. The van der Waals surface area contributed by atoms with Gasteiger partial charge in [0.2, 0.25) is 0 Å². The molecule has 1 heterocycles. The van der Waals surface area contributed by atoms with E-state index in [4.69, 9.17) is 23.8 Å². The maximum Gasteiger partial charge on any atom is 0.266 e. The van der Waals surface area contributed by atoms with Crippen LogP contribution in [0.15, 0.2) is 29.2 Å². The number of carboxylic acids is 1. The first-order valence-electron chi connectivity index (χ1n) is 6.68. The summed E-state index contributed by atoms with van der Waals surface area (Å²) in [6, 6.07) is 7.21. The van der Waals surface area contributed by atoms with Crippen molar-refractivity contribution in [3.8, 4) is 0 Å². The minimum atomic E-state index is -1.08. The number of nitrogens with zero attached hydrogens (tertiary/aromatic N) is 1. The largest absolute Gasteiger partial charge is 0.550 e. The van der Waals surface area contributed by atoms with Crippen molar-refractivity contribution in [1.82, 2.24) is 4.90 Å². The van der Waals surface area contributed by atoms with Gasteiger partial charge in [-0.2, -0.15) is 0 Å². The van der Waals surface area contributed by atoms with Gasteiger partial charge in [-0.15, -0.1) is 0 Å². The van der Waals surface area contributed by atoms with Gasteiger partial charge in [0.1, 0.15) is 4.32 Å². The molecule has 0 spiro atoms. The number of aliphatic carboxylic acids is 1. The second kappa shape index (κ2) is 7.76. The van der Waals surface area contributed by atoms with E-state index in [1.165, 1.54) is 16.7 Å². The quantitative estimate of drug-likeness (QED) is 0.446. The Labute approximate surface area is 143 Å². The molecule has 0 N–H and O–H groups in total. The lowest BCUT2D eigenvalue weighted by molar-refractivity contribution is -0.305. The summed E-state index contributed by atoms with van der Waals surface area (Å²) >= 11 is 12.4. The first-order chi connectivity index (χ1) is 10.5. The number of rotatable bonds is 6. The van der Waals surface area contributed by atoms with E-state index in [1.54, 1.807) is 18.2 Å². The predicted molar refractivity (Wildman–Crippen MR) is 90.2 cm³/mol. The van der Waals surface area contributed by atoms with Crippen LogP contribution in [0, 0.1) is 0 Å². The van der Waals surface area contributed by atoms with Crippen molar-refractivity contribution in [2.75, 3.05) is 6.54 Å². The molecule has 1 amide bonds. The van der Waals surface area contributed by atoms with Gasteiger partial charge in [0.05, 0.1) is 4.91 Å². The van der Waals surface area contributed by atoms with Crippen LogP contribution < -0.4 is 5.11 Å². The topological polar surface area (TPSA) is 60.4 Å². The number of hydrogen-bond donors (Lipinski definition) is 0. The van der Waals surface area contributed by atoms with Crippen molar-refractivity contribution in [2.24, 2.45) is 0 Å². The molecule has 0 bridgehead atoms. The molecule has 116 valence electrons. The number of carbonyl (C=O) groups excluding carboxylic acids is 2. The van der Waals surface area contributed by atoms with E-state index in [1.807, 2.05) is 12.1 Å². The zero-order valence-electron chi connectivity index (χ0n) is 11.6. The summed E-state index contributed by atoms with van der Waals surface area (Å²) in [4.78, 5) is 24.7. The zero-order chi connectivity index (χ0) is 16.1. The standard InChI is InChI=1S/C15H14ClNO3S2/c16-11-5-3-4-10(8-11)9-12-14(20)17(15(21)22-12)7-2-1-6-13(18)19/h3-5,8-9H,1-2,6-7H2,(H,18,19)/p-1/b12-9+. The van der Waals surface area contributed by atoms with E-state index in [0.29, 0.717) is 33.6 Å². The van der Waals surface area contributed by atoms with Crippen molar-refractivity contribution in [3.05, 3.63) is 39.8 Å². The summed E-state index contributed by atoms with van der Waals surface area (Å²) in [6.45, 7) is 0.421. The Balaban J connectivity index is 2.00. The lowest BCUT2D eigenvalue weighted by atomic mass is 10.2. The van der Waals surface area contributed by atoms with E-state index in [-0.39, 0.29) is 12.3 Å². The number of halogens is 1. The average molecular weight is 355 g/mol. The molecule has 0 unspecified atom stereocenters. The van der Waals surface area contributed by atoms with Crippen molar-refractivity contribution >= 4 is 57.9 Å². The van der Waals surface area contributed by atoms with Gasteiger partial charge in [0.15, 0.2) is 0 Å². The van der Waals surface area contributed by atoms with Gasteiger partial charge in [-0.25, -0.2) is 0 Å². The molecule has 7 heteroatoms. The molecule has 22 heavy (non-hydrogen) atoms. The van der Waals surface area contributed by atoms with Gasteiger partial charge < -0.3 is 9.90 Å². The van der Waals surface area contributed by atoms with Gasteiger partial charge in [-0.3, -0.25) is 9.69 Å². The normalized spacial score (nSPS) is 16.6. The lowest BCUT2D eigenvalue weighted by Gasteiger charge is -2.14. The van der Waals surface area contributed by atoms with E-state index in [2.05, 4.69) is 0 Å². The van der Waals surface area contributed by atoms with Crippen molar-refractivity contribution in [3.63, 3.8) is 0 Å². The summed E-state index contributed by atoms with van der Waals surface area (Å²) in [7, 11) is 0. The van der Waals surface area contributed by atoms with Crippen molar-refractivity contribution in [1.29, 1.82) is 0 Å². The number of benzene rings is 1. The maximum absolute atomic E-state index is 12.3. The summed E-state index contributed by atoms with van der Waals surface area (Å²) in [5.41, 5.74) is 0.838.